The number of rotatable bonds is 6. The summed E-state index contributed by atoms with van der Waals surface area (Å²) in [6, 6.07) is 0. The second kappa shape index (κ2) is 7.33. The first kappa shape index (κ1) is 14.0. The lowest BCUT2D eigenvalue weighted by molar-refractivity contribution is 0.434. The molecule has 0 saturated heterocycles. The molecule has 0 bridgehead atoms. The van der Waals surface area contributed by atoms with Crippen molar-refractivity contribution >= 4 is 0 Å². The first-order valence-electron chi connectivity index (χ1n) is 5.75. The van der Waals surface area contributed by atoms with Crippen LogP contribution >= 0.6 is 0 Å². The van der Waals surface area contributed by atoms with Crippen LogP contribution in [0.15, 0.2) is 36.1 Å². The molecule has 0 aromatic heterocycles. The lowest BCUT2D eigenvalue weighted by atomic mass is 9.87. The van der Waals surface area contributed by atoms with E-state index in [4.69, 9.17) is 5.73 Å². The summed E-state index contributed by atoms with van der Waals surface area (Å²) in [4.78, 5) is 0. The Morgan fingerprint density at radius 3 is 2.47 bits per heavy atom. The van der Waals surface area contributed by atoms with Gasteiger partial charge in [0.2, 0.25) is 0 Å². The van der Waals surface area contributed by atoms with Crippen LogP contribution in [0.1, 0.15) is 40.5 Å². The molecule has 0 fully saturated rings. The highest BCUT2D eigenvalue weighted by atomic mass is 14.5. The summed E-state index contributed by atoms with van der Waals surface area (Å²) in [6.07, 6.45) is 8.05. The van der Waals surface area contributed by atoms with Gasteiger partial charge in [-0.3, -0.25) is 0 Å². The van der Waals surface area contributed by atoms with Crippen molar-refractivity contribution in [1.29, 1.82) is 0 Å². The predicted octanol–water partition coefficient (Wildman–Crippen LogP) is 4.03. The molecule has 86 valence electrons. The maximum Gasteiger partial charge on any atom is -0.00701 e. The van der Waals surface area contributed by atoms with Crippen molar-refractivity contribution < 1.29 is 0 Å². The van der Waals surface area contributed by atoms with Crippen LogP contribution < -0.4 is 5.73 Å². The fraction of sp³-hybridized carbons (Fsp3) is 0.571. The van der Waals surface area contributed by atoms with Crippen LogP contribution in [0.25, 0.3) is 0 Å². The zero-order valence-electron chi connectivity index (χ0n) is 10.6. The molecule has 0 aliphatic heterocycles. The Kier molecular flexibility index (Phi) is 6.85. The normalized spacial score (nSPS) is 16.7. The van der Waals surface area contributed by atoms with Crippen LogP contribution in [0.5, 0.6) is 0 Å². The van der Waals surface area contributed by atoms with Crippen LogP contribution in [0.2, 0.25) is 0 Å². The topological polar surface area (TPSA) is 26.0 Å². The predicted molar refractivity (Wildman–Crippen MR) is 69.5 cm³/mol. The Morgan fingerprint density at radius 1 is 1.40 bits per heavy atom. The van der Waals surface area contributed by atoms with Crippen LogP contribution in [0.4, 0.5) is 0 Å². The zero-order valence-corrected chi connectivity index (χ0v) is 10.6. The average molecular weight is 207 g/mol. The second-order valence-corrected chi connectivity index (χ2v) is 4.37. The molecule has 15 heavy (non-hydrogen) atoms. The largest absolute Gasteiger partial charge is 0.405 e. The molecule has 2 N–H and O–H groups in total. The molecule has 0 amide bonds. The number of hydrogen-bond acceptors (Lipinski definition) is 1. The molecule has 0 spiro atoms. The van der Waals surface area contributed by atoms with Crippen molar-refractivity contribution in [1.82, 2.24) is 0 Å². The van der Waals surface area contributed by atoms with Crippen LogP contribution in [-0.4, -0.2) is 0 Å². The Bertz CT molecular complexity index is 248. The smallest absolute Gasteiger partial charge is 0.00701 e. The Balaban J connectivity index is 4.13. The minimum atomic E-state index is 0.563. The van der Waals surface area contributed by atoms with Gasteiger partial charge in [0.1, 0.15) is 0 Å². The van der Waals surface area contributed by atoms with Crippen molar-refractivity contribution in [2.24, 2.45) is 17.6 Å². The molecular weight excluding hydrogens is 182 g/mol. The Hall–Kier alpha value is -0.980. The van der Waals surface area contributed by atoms with Crippen LogP contribution in [0, 0.1) is 11.8 Å². The highest BCUT2D eigenvalue weighted by Crippen LogP contribution is 2.22. The number of nitrogens with two attached hydrogens (primary N) is 1. The highest BCUT2D eigenvalue weighted by Gasteiger charge is 2.10. The standard InChI is InChI=1S/C14H25N/c1-6-12(3)14(5)13(4)9-7-8-11(2)10-15/h7,9-10,12,14H,4,6,8,15H2,1-3,5H3/b9-7?,11-10-/t12-,14?/m0/s1. The number of allylic oxidation sites excluding steroid dienone is 4. The second-order valence-electron chi connectivity index (χ2n) is 4.37. The van der Waals surface area contributed by atoms with E-state index in [1.165, 1.54) is 17.6 Å². The van der Waals surface area contributed by atoms with E-state index in [2.05, 4.69) is 39.5 Å². The lowest BCUT2D eigenvalue weighted by Gasteiger charge is -2.18. The van der Waals surface area contributed by atoms with E-state index in [9.17, 15) is 0 Å². The summed E-state index contributed by atoms with van der Waals surface area (Å²) in [5, 5.41) is 0. The van der Waals surface area contributed by atoms with E-state index >= 15 is 0 Å². The molecule has 0 aliphatic rings. The van der Waals surface area contributed by atoms with Gasteiger partial charge < -0.3 is 5.73 Å². The Labute approximate surface area is 94.8 Å². The van der Waals surface area contributed by atoms with Crippen LogP contribution in [-0.2, 0) is 0 Å². The van der Waals surface area contributed by atoms with Gasteiger partial charge in [-0.15, -0.1) is 0 Å². The van der Waals surface area contributed by atoms with E-state index in [1.54, 1.807) is 6.20 Å². The molecule has 0 aromatic rings. The van der Waals surface area contributed by atoms with Gasteiger partial charge in [-0.25, -0.2) is 0 Å². The third-order valence-electron chi connectivity index (χ3n) is 3.14. The fourth-order valence-electron chi connectivity index (χ4n) is 1.34. The molecule has 1 unspecified atom stereocenters. The summed E-state index contributed by atoms with van der Waals surface area (Å²) >= 11 is 0. The van der Waals surface area contributed by atoms with Gasteiger partial charge >= 0.3 is 0 Å². The van der Waals surface area contributed by atoms with E-state index < -0.39 is 0 Å². The van der Waals surface area contributed by atoms with Gasteiger partial charge in [-0.05, 0) is 31.4 Å². The molecule has 0 radical (unpaired) electrons. The molecule has 0 aliphatic carbocycles. The zero-order chi connectivity index (χ0) is 11.8. The van der Waals surface area contributed by atoms with Crippen molar-refractivity contribution in [3.05, 3.63) is 36.1 Å². The van der Waals surface area contributed by atoms with Crippen molar-refractivity contribution in [2.45, 2.75) is 40.5 Å². The van der Waals surface area contributed by atoms with Crippen LogP contribution in [0.3, 0.4) is 0 Å². The molecule has 0 aromatic carbocycles. The van der Waals surface area contributed by atoms with E-state index in [0.29, 0.717) is 11.8 Å². The monoisotopic (exact) mass is 207 g/mol. The summed E-state index contributed by atoms with van der Waals surface area (Å²) < 4.78 is 0. The molecule has 1 nitrogen and oxygen atoms in total. The van der Waals surface area contributed by atoms with Gasteiger partial charge in [0.25, 0.3) is 0 Å². The van der Waals surface area contributed by atoms with Gasteiger partial charge in [0, 0.05) is 0 Å². The van der Waals surface area contributed by atoms with Crippen molar-refractivity contribution in [3.8, 4) is 0 Å². The average Bonchev–Trinajstić information content (AvgIpc) is 2.26. The lowest BCUT2D eigenvalue weighted by Crippen LogP contribution is -2.07. The minimum absolute atomic E-state index is 0.563. The maximum atomic E-state index is 5.40. The molecule has 0 saturated carbocycles. The minimum Gasteiger partial charge on any atom is -0.405 e. The quantitative estimate of drug-likeness (QED) is 0.654. The van der Waals surface area contributed by atoms with E-state index in [-0.39, 0.29) is 0 Å². The third-order valence-corrected chi connectivity index (χ3v) is 3.14. The van der Waals surface area contributed by atoms with Crippen molar-refractivity contribution in [2.75, 3.05) is 0 Å². The maximum absolute atomic E-state index is 5.40. The van der Waals surface area contributed by atoms with E-state index in [1.807, 2.05) is 6.92 Å². The molecule has 0 heterocycles. The first-order chi connectivity index (χ1) is 7.02. The SMILES string of the molecule is C=C(C=CC/C(C)=C\N)C(C)[C@@H](C)CC. The summed E-state index contributed by atoms with van der Waals surface area (Å²) in [6.45, 7) is 12.9. The third kappa shape index (κ3) is 5.46. The Morgan fingerprint density at radius 2 is 2.00 bits per heavy atom. The van der Waals surface area contributed by atoms with Gasteiger partial charge in [-0.2, -0.15) is 0 Å². The van der Waals surface area contributed by atoms with Crippen molar-refractivity contribution in [3.63, 3.8) is 0 Å². The number of hydrogen-bond donors (Lipinski definition) is 1. The summed E-state index contributed by atoms with van der Waals surface area (Å²) in [5.74, 6) is 1.27. The van der Waals surface area contributed by atoms with Gasteiger partial charge in [0.15, 0.2) is 0 Å². The molecule has 2 atom stereocenters. The first-order valence-corrected chi connectivity index (χ1v) is 5.75. The van der Waals surface area contributed by atoms with Gasteiger partial charge in [0.05, 0.1) is 0 Å². The highest BCUT2D eigenvalue weighted by molar-refractivity contribution is 5.19. The van der Waals surface area contributed by atoms with Gasteiger partial charge in [-0.1, -0.05) is 57.1 Å². The van der Waals surface area contributed by atoms with E-state index in [0.717, 1.165) is 6.42 Å². The molecule has 0 rings (SSSR count). The summed E-state index contributed by atoms with van der Waals surface area (Å²) in [5.41, 5.74) is 7.81. The molecular formula is C14H25N. The molecule has 1 heteroatoms. The fourth-order valence-corrected chi connectivity index (χ4v) is 1.34. The summed E-state index contributed by atoms with van der Waals surface area (Å²) in [7, 11) is 0.